The lowest BCUT2D eigenvalue weighted by Gasteiger charge is -2.07. The van der Waals surface area contributed by atoms with Gasteiger partial charge in [-0.1, -0.05) is 11.6 Å². The van der Waals surface area contributed by atoms with Gasteiger partial charge in [-0.25, -0.2) is 0 Å². The zero-order chi connectivity index (χ0) is 10.4. The summed E-state index contributed by atoms with van der Waals surface area (Å²) in [4.78, 5) is 0. The van der Waals surface area contributed by atoms with Gasteiger partial charge >= 0.3 is 0 Å². The van der Waals surface area contributed by atoms with Crippen molar-refractivity contribution in [1.29, 1.82) is 0 Å². The van der Waals surface area contributed by atoms with Gasteiger partial charge in [0.1, 0.15) is 12.4 Å². The van der Waals surface area contributed by atoms with Crippen LogP contribution in [0.1, 0.15) is 6.92 Å². The summed E-state index contributed by atoms with van der Waals surface area (Å²) in [6, 6.07) is 5.43. The molecule has 4 heteroatoms. The molecule has 0 aliphatic carbocycles. The normalized spacial score (nSPS) is 10.2. The summed E-state index contributed by atoms with van der Waals surface area (Å²) >= 11 is 9.16. The second-order valence-corrected chi connectivity index (χ2v) is 3.91. The van der Waals surface area contributed by atoms with Crippen LogP contribution >= 0.6 is 27.5 Å². The Hall–Kier alpha value is -0.250. The molecule has 0 unspecified atom stereocenters. The predicted octanol–water partition coefficient (Wildman–Crippen LogP) is 3.52. The molecular weight excluding hydrogens is 267 g/mol. The van der Waals surface area contributed by atoms with Crippen LogP contribution in [0.3, 0.4) is 0 Å². The van der Waals surface area contributed by atoms with Crippen LogP contribution < -0.4 is 4.74 Å². The summed E-state index contributed by atoms with van der Waals surface area (Å²) < 4.78 is 11.5. The molecule has 0 heterocycles. The molecule has 0 aromatic heterocycles. The van der Waals surface area contributed by atoms with Crippen molar-refractivity contribution in [2.75, 3.05) is 19.8 Å². The minimum absolute atomic E-state index is 0.550. The maximum Gasteiger partial charge on any atom is 0.133 e. The molecule has 0 aliphatic rings. The van der Waals surface area contributed by atoms with Crippen molar-refractivity contribution in [3.63, 3.8) is 0 Å². The third-order valence-electron chi connectivity index (χ3n) is 1.58. The average molecular weight is 280 g/mol. The van der Waals surface area contributed by atoms with Crippen LogP contribution in [0.5, 0.6) is 5.75 Å². The molecule has 0 bridgehead atoms. The molecule has 0 aliphatic heterocycles. The molecule has 0 fully saturated rings. The third kappa shape index (κ3) is 3.86. The van der Waals surface area contributed by atoms with Gasteiger partial charge in [-0.15, -0.1) is 0 Å². The maximum atomic E-state index is 5.79. The SMILES string of the molecule is CCOCCOc1ccc(Cl)cc1Br. The highest BCUT2D eigenvalue weighted by atomic mass is 79.9. The molecule has 0 spiro atoms. The molecule has 14 heavy (non-hydrogen) atoms. The zero-order valence-corrected chi connectivity index (χ0v) is 10.3. The third-order valence-corrected chi connectivity index (χ3v) is 2.44. The molecular formula is C10H12BrClO2. The number of ether oxygens (including phenoxy) is 2. The van der Waals surface area contributed by atoms with Crippen molar-refractivity contribution >= 4 is 27.5 Å². The molecule has 1 rings (SSSR count). The van der Waals surface area contributed by atoms with Crippen molar-refractivity contribution in [2.45, 2.75) is 6.92 Å². The minimum Gasteiger partial charge on any atom is -0.490 e. The largest absolute Gasteiger partial charge is 0.490 e. The summed E-state index contributed by atoms with van der Waals surface area (Å²) in [5.41, 5.74) is 0. The lowest BCUT2D eigenvalue weighted by Crippen LogP contribution is -2.06. The molecule has 0 radical (unpaired) electrons. The number of rotatable bonds is 5. The Morgan fingerprint density at radius 1 is 1.36 bits per heavy atom. The van der Waals surface area contributed by atoms with Crippen molar-refractivity contribution in [3.05, 3.63) is 27.7 Å². The first-order valence-electron chi connectivity index (χ1n) is 4.39. The average Bonchev–Trinajstić information content (AvgIpc) is 2.15. The quantitative estimate of drug-likeness (QED) is 0.768. The van der Waals surface area contributed by atoms with Gasteiger partial charge in [0.2, 0.25) is 0 Å². The molecule has 1 aromatic carbocycles. The van der Waals surface area contributed by atoms with E-state index in [1.54, 1.807) is 12.1 Å². The fourth-order valence-corrected chi connectivity index (χ4v) is 1.74. The van der Waals surface area contributed by atoms with E-state index >= 15 is 0 Å². The van der Waals surface area contributed by atoms with Crippen LogP contribution in [0.15, 0.2) is 22.7 Å². The van der Waals surface area contributed by atoms with Crippen LogP contribution in [-0.2, 0) is 4.74 Å². The highest BCUT2D eigenvalue weighted by Gasteiger charge is 2.00. The van der Waals surface area contributed by atoms with Crippen molar-refractivity contribution in [3.8, 4) is 5.75 Å². The van der Waals surface area contributed by atoms with E-state index in [-0.39, 0.29) is 0 Å². The topological polar surface area (TPSA) is 18.5 Å². The van der Waals surface area contributed by atoms with Gasteiger partial charge in [-0.05, 0) is 41.1 Å². The van der Waals surface area contributed by atoms with Crippen LogP contribution in [-0.4, -0.2) is 19.8 Å². The smallest absolute Gasteiger partial charge is 0.133 e. The standard InChI is InChI=1S/C10H12BrClO2/c1-2-13-5-6-14-10-4-3-8(12)7-9(10)11/h3-4,7H,2,5-6H2,1H3. The molecule has 0 saturated heterocycles. The van der Waals surface area contributed by atoms with E-state index < -0.39 is 0 Å². The fraction of sp³-hybridized carbons (Fsp3) is 0.400. The van der Waals surface area contributed by atoms with Crippen LogP contribution in [0.4, 0.5) is 0 Å². The highest BCUT2D eigenvalue weighted by molar-refractivity contribution is 9.10. The molecule has 1 aromatic rings. The van der Waals surface area contributed by atoms with Gasteiger partial charge in [0, 0.05) is 11.6 Å². The summed E-state index contributed by atoms with van der Waals surface area (Å²) in [5, 5.41) is 0.689. The van der Waals surface area contributed by atoms with E-state index in [2.05, 4.69) is 15.9 Å². The second-order valence-electron chi connectivity index (χ2n) is 2.62. The number of hydrogen-bond donors (Lipinski definition) is 0. The van der Waals surface area contributed by atoms with Crippen LogP contribution in [0.25, 0.3) is 0 Å². The van der Waals surface area contributed by atoms with E-state index in [0.717, 1.165) is 10.2 Å². The first kappa shape index (κ1) is 11.8. The number of hydrogen-bond acceptors (Lipinski definition) is 2. The minimum atomic E-state index is 0.550. The zero-order valence-electron chi connectivity index (χ0n) is 7.93. The van der Waals surface area contributed by atoms with Crippen molar-refractivity contribution in [1.82, 2.24) is 0 Å². The predicted molar refractivity (Wildman–Crippen MR) is 61.1 cm³/mol. The van der Waals surface area contributed by atoms with E-state index in [1.807, 2.05) is 13.0 Å². The van der Waals surface area contributed by atoms with Gasteiger partial charge in [0.05, 0.1) is 11.1 Å². The van der Waals surface area contributed by atoms with E-state index in [4.69, 9.17) is 21.1 Å². The van der Waals surface area contributed by atoms with E-state index in [0.29, 0.717) is 24.8 Å². The van der Waals surface area contributed by atoms with Gasteiger partial charge in [0.15, 0.2) is 0 Å². The number of halogens is 2. The van der Waals surface area contributed by atoms with E-state index in [1.165, 1.54) is 0 Å². The Kier molecular flexibility index (Phi) is 5.30. The van der Waals surface area contributed by atoms with Crippen molar-refractivity contribution < 1.29 is 9.47 Å². The fourth-order valence-electron chi connectivity index (χ4n) is 0.947. The van der Waals surface area contributed by atoms with Crippen LogP contribution in [0, 0.1) is 0 Å². The van der Waals surface area contributed by atoms with Gasteiger partial charge in [0.25, 0.3) is 0 Å². The molecule has 0 atom stereocenters. The summed E-state index contributed by atoms with van der Waals surface area (Å²) in [6.45, 7) is 3.82. The first-order valence-corrected chi connectivity index (χ1v) is 5.56. The van der Waals surface area contributed by atoms with Crippen LogP contribution in [0.2, 0.25) is 5.02 Å². The van der Waals surface area contributed by atoms with Gasteiger partial charge in [-0.2, -0.15) is 0 Å². The summed E-state index contributed by atoms with van der Waals surface area (Å²) in [6.07, 6.45) is 0. The molecule has 0 saturated carbocycles. The van der Waals surface area contributed by atoms with Crippen molar-refractivity contribution in [2.24, 2.45) is 0 Å². The lowest BCUT2D eigenvalue weighted by molar-refractivity contribution is 0.110. The summed E-state index contributed by atoms with van der Waals surface area (Å²) in [5.74, 6) is 0.786. The molecule has 2 nitrogen and oxygen atoms in total. The monoisotopic (exact) mass is 278 g/mol. The second kappa shape index (κ2) is 6.27. The van der Waals surface area contributed by atoms with Gasteiger partial charge in [-0.3, -0.25) is 0 Å². The molecule has 78 valence electrons. The first-order chi connectivity index (χ1) is 6.74. The Labute approximate surface area is 97.3 Å². The summed E-state index contributed by atoms with van der Waals surface area (Å²) in [7, 11) is 0. The molecule has 0 amide bonds. The Bertz CT molecular complexity index is 291. The molecule has 0 N–H and O–H groups in total. The maximum absolute atomic E-state index is 5.79. The highest BCUT2D eigenvalue weighted by Crippen LogP contribution is 2.27. The lowest BCUT2D eigenvalue weighted by atomic mass is 10.3. The Morgan fingerprint density at radius 2 is 2.14 bits per heavy atom. The van der Waals surface area contributed by atoms with Gasteiger partial charge < -0.3 is 9.47 Å². The Balaban J connectivity index is 2.42. The number of benzene rings is 1. The Morgan fingerprint density at radius 3 is 2.79 bits per heavy atom. The van der Waals surface area contributed by atoms with E-state index in [9.17, 15) is 0 Å².